The number of aromatic nitrogens is 2. The third kappa shape index (κ3) is 9.53. The summed E-state index contributed by atoms with van der Waals surface area (Å²) >= 11 is 0. The van der Waals surface area contributed by atoms with Gasteiger partial charge in [-0.05, 0) is 114 Å². The Labute approximate surface area is 420 Å². The molecule has 0 saturated carbocycles. The predicted molar refractivity (Wildman–Crippen MR) is 283 cm³/mol. The quantitative estimate of drug-likeness (QED) is 0.155. The normalized spacial score (nSPS) is 13.6. The number of nitrogens with zero attached hydrogens (tertiary/aromatic N) is 4. The van der Waals surface area contributed by atoms with Gasteiger partial charge in [0.05, 0.1) is 0 Å². The molecule has 0 atom stereocenters. The summed E-state index contributed by atoms with van der Waals surface area (Å²) in [5, 5.41) is 2.22. The van der Waals surface area contributed by atoms with Crippen LogP contribution in [0.2, 0.25) is 0 Å². The van der Waals surface area contributed by atoms with E-state index in [0.29, 0.717) is 11.5 Å². The van der Waals surface area contributed by atoms with Gasteiger partial charge in [0.25, 0.3) is 0 Å². The van der Waals surface area contributed by atoms with Crippen molar-refractivity contribution in [2.45, 2.75) is 131 Å². The van der Waals surface area contributed by atoms with E-state index in [-0.39, 0.29) is 48.1 Å². The van der Waals surface area contributed by atoms with E-state index in [0.717, 1.165) is 55.9 Å². The molecule has 5 nitrogen and oxygen atoms in total. The first kappa shape index (κ1) is 48.8. The van der Waals surface area contributed by atoms with Gasteiger partial charge in [0, 0.05) is 61.3 Å². The smallest absolute Gasteiger partial charge is 0.135 e. The average molecular weight is 1080 g/mol. The molecule has 0 radical (unpaired) electrons. The van der Waals surface area contributed by atoms with Gasteiger partial charge in [0.2, 0.25) is 0 Å². The van der Waals surface area contributed by atoms with Gasteiger partial charge in [0.1, 0.15) is 5.82 Å². The fourth-order valence-electron chi connectivity index (χ4n) is 8.96. The van der Waals surface area contributed by atoms with Crippen molar-refractivity contribution in [1.82, 2.24) is 9.55 Å². The third-order valence-electron chi connectivity index (χ3n) is 13.3. The molecule has 0 saturated heterocycles. The van der Waals surface area contributed by atoms with Crippen molar-refractivity contribution in [3.63, 3.8) is 0 Å². The van der Waals surface area contributed by atoms with E-state index in [2.05, 4.69) is 240 Å². The Bertz CT molecular complexity index is 3130. The van der Waals surface area contributed by atoms with Crippen molar-refractivity contribution in [1.29, 1.82) is 0 Å². The fraction of sp³-hybridized carbons (Fsp3) is 0.323. The minimum Gasteiger partial charge on any atom is -0.509 e. The largest absolute Gasteiger partial charge is 0.509 e. The average Bonchev–Trinajstić information content (AvgIpc) is 3.80. The third-order valence-corrected chi connectivity index (χ3v) is 13.3. The van der Waals surface area contributed by atoms with Crippen molar-refractivity contribution in [2.24, 2.45) is 0 Å². The molecule has 8 aromatic rings. The Morgan fingerprint density at radius 2 is 1.04 bits per heavy atom. The van der Waals surface area contributed by atoms with Gasteiger partial charge in [-0.3, -0.25) is 0 Å². The van der Waals surface area contributed by atoms with Gasteiger partial charge in [-0.2, -0.15) is 12.1 Å². The second-order valence-corrected chi connectivity index (χ2v) is 23.7. The van der Waals surface area contributed by atoms with Crippen molar-refractivity contribution in [3.05, 3.63) is 174 Å². The van der Waals surface area contributed by atoms with Crippen LogP contribution in [0.3, 0.4) is 0 Å². The van der Waals surface area contributed by atoms with E-state index >= 15 is 0 Å². The first-order valence-corrected chi connectivity index (χ1v) is 23.9. The molecule has 0 amide bonds. The van der Waals surface area contributed by atoms with Gasteiger partial charge in [-0.15, -0.1) is 48.1 Å². The minimum absolute atomic E-state index is 0. The predicted octanol–water partition coefficient (Wildman–Crippen LogP) is 17.1. The first-order valence-electron chi connectivity index (χ1n) is 23.9. The monoisotopic (exact) mass is 1080 g/mol. The van der Waals surface area contributed by atoms with Crippen LogP contribution in [0.4, 0.5) is 22.7 Å². The van der Waals surface area contributed by atoms with Gasteiger partial charge >= 0.3 is 0 Å². The SMILES string of the molecule is CC(C)(C)c1ccc(-c2ccc3c4ccc(Oc5[c-]c(N6[CH-]N(c7cc(C(C)(C)C)cc(C(C)(C)C)c7)c7cc(C(C)(C)C)ccc76)ccc5)[c-]c4n(-c4cc(C(C)(C)C)ccn4)c3c2)cc1.[Pt]. The Kier molecular flexibility index (Phi) is 12.5. The molecule has 0 fully saturated rings. The molecule has 2 aromatic heterocycles. The molecule has 0 N–H and O–H groups in total. The second kappa shape index (κ2) is 17.4. The minimum atomic E-state index is -0.0553. The van der Waals surface area contributed by atoms with Crippen molar-refractivity contribution >= 4 is 44.6 Å². The van der Waals surface area contributed by atoms with E-state index in [4.69, 9.17) is 9.72 Å². The molecule has 68 heavy (non-hydrogen) atoms. The molecule has 6 heteroatoms. The zero-order valence-corrected chi connectivity index (χ0v) is 45.0. The number of anilines is 4. The summed E-state index contributed by atoms with van der Waals surface area (Å²) < 4.78 is 9.00. The second-order valence-electron chi connectivity index (χ2n) is 23.7. The first-order chi connectivity index (χ1) is 31.3. The summed E-state index contributed by atoms with van der Waals surface area (Å²) in [6, 6.07) is 51.7. The maximum Gasteiger partial charge on any atom is 0.135 e. The Morgan fingerprint density at radius 1 is 0.471 bits per heavy atom. The number of hydrogen-bond acceptors (Lipinski definition) is 4. The summed E-state index contributed by atoms with van der Waals surface area (Å²) in [7, 11) is 0. The molecule has 0 aliphatic carbocycles. The van der Waals surface area contributed by atoms with Crippen molar-refractivity contribution in [3.8, 4) is 28.4 Å². The van der Waals surface area contributed by atoms with E-state index in [1.807, 2.05) is 24.4 Å². The molecule has 6 aromatic carbocycles. The molecule has 1 aliphatic heterocycles. The van der Waals surface area contributed by atoms with Crippen LogP contribution < -0.4 is 14.5 Å². The van der Waals surface area contributed by atoms with E-state index in [1.54, 1.807) is 0 Å². The summed E-state index contributed by atoms with van der Waals surface area (Å²) in [4.78, 5) is 9.58. The van der Waals surface area contributed by atoms with Crippen LogP contribution in [-0.4, -0.2) is 9.55 Å². The standard InChI is InChI=1S/C62H67N4O.Pt/c1-58(2,3)42-22-19-40(20-23-42)41-21-26-51-52-27-25-50(38-55(52)66(54(51)31-41)57-36-44(29-30-63-57)60(7,8)9)67-49-18-16-17-47(37-49)64-39-65(56-35-43(59(4,5)6)24-28-53(56)64)48-33-45(61(10,11)12)32-46(34-48)62(13,14)15;/h16-36,39H,1-15H3;/q-3;. The van der Waals surface area contributed by atoms with Crippen LogP contribution in [0.25, 0.3) is 38.8 Å². The van der Waals surface area contributed by atoms with Crippen LogP contribution in [0.1, 0.15) is 132 Å². The summed E-state index contributed by atoms with van der Waals surface area (Å²) in [5.74, 6) is 2.06. The maximum absolute atomic E-state index is 6.75. The van der Waals surface area contributed by atoms with E-state index < -0.39 is 0 Å². The number of fused-ring (bicyclic) bond motifs is 4. The van der Waals surface area contributed by atoms with Crippen molar-refractivity contribution < 1.29 is 25.8 Å². The molecule has 0 spiro atoms. The molecular weight excluding hydrogens is 1010 g/mol. The number of rotatable bonds is 6. The van der Waals surface area contributed by atoms with E-state index in [9.17, 15) is 0 Å². The van der Waals surface area contributed by atoms with Gasteiger partial charge in [0.15, 0.2) is 0 Å². The molecule has 9 rings (SSSR count). The molecular formula is C62H67N4OPt-3. The Balaban J connectivity index is 0.00000625. The Hall–Kier alpha value is -5.64. The summed E-state index contributed by atoms with van der Waals surface area (Å²) in [5.41, 5.74) is 15.0. The number of ether oxygens (including phenoxy) is 1. The Morgan fingerprint density at radius 3 is 1.68 bits per heavy atom. The van der Waals surface area contributed by atoms with Gasteiger partial charge < -0.3 is 19.1 Å². The molecule has 354 valence electrons. The molecule has 3 heterocycles. The molecule has 0 unspecified atom stereocenters. The van der Waals surface area contributed by atoms with Crippen molar-refractivity contribution in [2.75, 3.05) is 9.80 Å². The number of benzene rings is 6. The zero-order valence-electron chi connectivity index (χ0n) is 42.7. The summed E-state index contributed by atoms with van der Waals surface area (Å²) in [6.45, 7) is 36.3. The van der Waals surface area contributed by atoms with Gasteiger partial charge in [-0.25, -0.2) is 4.98 Å². The van der Waals surface area contributed by atoms with Crippen LogP contribution in [0.5, 0.6) is 11.5 Å². The number of pyridine rings is 1. The van der Waals surface area contributed by atoms with E-state index in [1.165, 1.54) is 33.4 Å². The maximum atomic E-state index is 6.75. The van der Waals surface area contributed by atoms with Crippen LogP contribution >= 0.6 is 0 Å². The molecule has 0 bridgehead atoms. The zero-order chi connectivity index (χ0) is 48.0. The topological polar surface area (TPSA) is 33.5 Å². The fourth-order valence-corrected chi connectivity index (χ4v) is 8.96. The molecule has 1 aliphatic rings. The van der Waals surface area contributed by atoms with Crippen LogP contribution in [0.15, 0.2) is 128 Å². The van der Waals surface area contributed by atoms with Crippen LogP contribution in [-0.2, 0) is 48.1 Å². The van der Waals surface area contributed by atoms with Crippen LogP contribution in [0, 0.1) is 18.8 Å². The summed E-state index contributed by atoms with van der Waals surface area (Å²) in [6.07, 6.45) is 1.92. The van der Waals surface area contributed by atoms with Gasteiger partial charge in [-0.1, -0.05) is 158 Å². The number of hydrogen-bond donors (Lipinski definition) is 0.